The number of rotatable bonds is 2. The number of nitrogens with one attached hydrogen (secondary N) is 1. The lowest BCUT2D eigenvalue weighted by atomic mass is 10.1. The van der Waals surface area contributed by atoms with Gasteiger partial charge in [-0.1, -0.05) is 15.9 Å². The van der Waals surface area contributed by atoms with Crippen molar-refractivity contribution in [3.05, 3.63) is 44.2 Å². The minimum atomic E-state index is -0.312. The molecule has 0 fully saturated rings. The predicted molar refractivity (Wildman–Crippen MR) is 85.0 cm³/mol. The first-order chi connectivity index (χ1) is 9.43. The normalized spacial score (nSPS) is 10.1. The Bertz CT molecular complexity index is 731. The largest absolute Gasteiger partial charge is 0.398 e. The summed E-state index contributed by atoms with van der Waals surface area (Å²) >= 11 is 4.69. The van der Waals surface area contributed by atoms with Crippen LogP contribution in [0.4, 0.5) is 10.7 Å². The van der Waals surface area contributed by atoms with E-state index in [1.807, 2.05) is 13.8 Å². The summed E-state index contributed by atoms with van der Waals surface area (Å²) < 4.78 is 0.812. The van der Waals surface area contributed by atoms with E-state index in [1.54, 1.807) is 18.2 Å². The van der Waals surface area contributed by atoms with E-state index in [9.17, 15) is 4.79 Å². The number of carbonyl (C=O) groups is 1. The van der Waals surface area contributed by atoms with Crippen LogP contribution in [0.2, 0.25) is 0 Å². The van der Waals surface area contributed by atoms with Crippen molar-refractivity contribution >= 4 is 43.9 Å². The highest BCUT2D eigenvalue weighted by molar-refractivity contribution is 9.10. The lowest BCUT2D eigenvalue weighted by Gasteiger charge is -2.06. The minimum absolute atomic E-state index is 0.312. The Morgan fingerprint density at radius 2 is 2.15 bits per heavy atom. The third-order valence-electron chi connectivity index (χ3n) is 2.98. The molecule has 1 aromatic heterocycles. The zero-order chi connectivity index (χ0) is 14.9. The Hall–Kier alpha value is -1.84. The second-order valence-electron chi connectivity index (χ2n) is 4.28. The quantitative estimate of drug-likeness (QED) is 0.808. The fourth-order valence-electron chi connectivity index (χ4n) is 1.76. The summed E-state index contributed by atoms with van der Waals surface area (Å²) in [5, 5.41) is 12.5. The summed E-state index contributed by atoms with van der Waals surface area (Å²) in [6, 6.07) is 7.19. The molecule has 0 atom stereocenters. The van der Waals surface area contributed by atoms with E-state index in [0.717, 1.165) is 14.9 Å². The molecule has 0 aliphatic rings. The number of nitriles is 1. The molecule has 1 aromatic carbocycles. The number of hydrogen-bond donors (Lipinski definition) is 2. The number of nitrogen functional groups attached to an aromatic ring is 1. The number of carbonyl (C=O) groups excluding carboxylic acids is 1. The van der Waals surface area contributed by atoms with E-state index < -0.39 is 0 Å². The van der Waals surface area contributed by atoms with E-state index in [2.05, 4.69) is 27.3 Å². The number of anilines is 2. The molecule has 0 spiro atoms. The first-order valence-electron chi connectivity index (χ1n) is 5.80. The van der Waals surface area contributed by atoms with E-state index in [4.69, 9.17) is 11.0 Å². The van der Waals surface area contributed by atoms with Gasteiger partial charge in [0.1, 0.15) is 11.1 Å². The van der Waals surface area contributed by atoms with E-state index in [1.165, 1.54) is 11.3 Å². The molecule has 102 valence electrons. The molecule has 2 rings (SSSR count). The Kier molecular flexibility index (Phi) is 4.12. The van der Waals surface area contributed by atoms with E-state index >= 15 is 0 Å². The van der Waals surface area contributed by atoms with Gasteiger partial charge in [-0.15, -0.1) is 11.3 Å². The number of aryl methyl sites for hydroxylation is 1. The van der Waals surface area contributed by atoms with Crippen LogP contribution >= 0.6 is 27.3 Å². The molecule has 1 heterocycles. The maximum atomic E-state index is 12.2. The lowest BCUT2D eigenvalue weighted by Crippen LogP contribution is -2.13. The number of nitrogens with two attached hydrogens (primary N) is 1. The number of thiophene rings is 1. The van der Waals surface area contributed by atoms with Crippen molar-refractivity contribution in [1.29, 1.82) is 5.26 Å². The number of halogens is 1. The Morgan fingerprint density at radius 1 is 1.45 bits per heavy atom. The SMILES string of the molecule is Cc1sc(NC(=O)c2ccc(Br)cc2N)c(C#N)c1C. The molecule has 4 nitrogen and oxygen atoms in total. The van der Waals surface area contributed by atoms with Gasteiger partial charge in [0.25, 0.3) is 5.91 Å². The summed E-state index contributed by atoms with van der Waals surface area (Å²) in [5.41, 5.74) is 8.02. The summed E-state index contributed by atoms with van der Waals surface area (Å²) in [6.45, 7) is 3.79. The predicted octanol–water partition coefficient (Wildman–Crippen LogP) is 3.83. The molecule has 2 aromatic rings. The van der Waals surface area contributed by atoms with Crippen LogP contribution in [0.5, 0.6) is 0 Å². The van der Waals surface area contributed by atoms with Crippen LogP contribution in [-0.2, 0) is 0 Å². The van der Waals surface area contributed by atoms with E-state index in [0.29, 0.717) is 21.8 Å². The van der Waals surface area contributed by atoms with Crippen molar-refractivity contribution in [1.82, 2.24) is 0 Å². The number of benzene rings is 1. The Balaban J connectivity index is 2.33. The first kappa shape index (κ1) is 14.6. The highest BCUT2D eigenvalue weighted by atomic mass is 79.9. The van der Waals surface area contributed by atoms with Gasteiger partial charge in [0, 0.05) is 15.0 Å². The highest BCUT2D eigenvalue weighted by Crippen LogP contribution is 2.32. The smallest absolute Gasteiger partial charge is 0.258 e. The average Bonchev–Trinajstić information content (AvgIpc) is 2.64. The second-order valence-corrected chi connectivity index (χ2v) is 6.43. The Labute approximate surface area is 129 Å². The average molecular weight is 350 g/mol. The number of amides is 1. The van der Waals surface area contributed by atoms with Gasteiger partial charge in [0.15, 0.2) is 0 Å². The maximum Gasteiger partial charge on any atom is 0.258 e. The minimum Gasteiger partial charge on any atom is -0.398 e. The summed E-state index contributed by atoms with van der Waals surface area (Å²) in [6.07, 6.45) is 0. The topological polar surface area (TPSA) is 78.9 Å². The van der Waals surface area contributed by atoms with Crippen LogP contribution in [0.15, 0.2) is 22.7 Å². The molecule has 0 aliphatic carbocycles. The van der Waals surface area contributed by atoms with Crippen molar-refractivity contribution in [2.75, 3.05) is 11.1 Å². The van der Waals surface area contributed by atoms with Crippen molar-refractivity contribution in [3.63, 3.8) is 0 Å². The number of nitrogens with zero attached hydrogens (tertiary/aromatic N) is 1. The van der Waals surface area contributed by atoms with Crippen LogP contribution < -0.4 is 11.1 Å². The second kappa shape index (κ2) is 5.65. The molecule has 0 saturated carbocycles. The van der Waals surface area contributed by atoms with Gasteiger partial charge in [0.2, 0.25) is 0 Å². The summed E-state index contributed by atoms with van der Waals surface area (Å²) in [4.78, 5) is 13.2. The van der Waals surface area contributed by atoms with Gasteiger partial charge in [-0.3, -0.25) is 4.79 Å². The lowest BCUT2D eigenvalue weighted by molar-refractivity contribution is 0.102. The number of hydrogen-bond acceptors (Lipinski definition) is 4. The van der Waals surface area contributed by atoms with Crippen LogP contribution in [0.1, 0.15) is 26.4 Å². The van der Waals surface area contributed by atoms with Gasteiger partial charge < -0.3 is 11.1 Å². The van der Waals surface area contributed by atoms with Gasteiger partial charge in [-0.2, -0.15) is 5.26 Å². The summed E-state index contributed by atoms with van der Waals surface area (Å²) in [5.74, 6) is -0.312. The molecule has 0 aliphatic heterocycles. The maximum absolute atomic E-state index is 12.2. The van der Waals surface area contributed by atoms with Crippen molar-refractivity contribution in [2.24, 2.45) is 0 Å². The summed E-state index contributed by atoms with van der Waals surface area (Å²) in [7, 11) is 0. The van der Waals surface area contributed by atoms with Crippen molar-refractivity contribution < 1.29 is 4.79 Å². The standard InChI is InChI=1S/C14H12BrN3OS/c1-7-8(2)20-14(11(7)6-16)18-13(19)10-4-3-9(15)5-12(10)17/h3-5H,17H2,1-2H3,(H,18,19). The van der Waals surface area contributed by atoms with Gasteiger partial charge in [-0.05, 0) is 37.6 Å². The molecule has 6 heteroatoms. The zero-order valence-corrected chi connectivity index (χ0v) is 13.4. The highest BCUT2D eigenvalue weighted by Gasteiger charge is 2.16. The molecule has 3 N–H and O–H groups in total. The van der Waals surface area contributed by atoms with Gasteiger partial charge >= 0.3 is 0 Å². The van der Waals surface area contributed by atoms with Crippen LogP contribution in [0.3, 0.4) is 0 Å². The molecule has 0 unspecified atom stereocenters. The molecule has 1 amide bonds. The fraction of sp³-hybridized carbons (Fsp3) is 0.143. The third-order valence-corrected chi connectivity index (χ3v) is 4.60. The van der Waals surface area contributed by atoms with Gasteiger partial charge in [-0.25, -0.2) is 0 Å². The van der Waals surface area contributed by atoms with Crippen LogP contribution in [-0.4, -0.2) is 5.91 Å². The fourth-order valence-corrected chi connectivity index (χ4v) is 3.15. The Morgan fingerprint density at radius 3 is 2.75 bits per heavy atom. The molecular formula is C14H12BrN3OS. The van der Waals surface area contributed by atoms with Gasteiger partial charge in [0.05, 0.1) is 11.1 Å². The van der Waals surface area contributed by atoms with Crippen LogP contribution in [0, 0.1) is 25.2 Å². The molecule has 0 radical (unpaired) electrons. The zero-order valence-electron chi connectivity index (χ0n) is 11.0. The molecule has 0 bridgehead atoms. The van der Waals surface area contributed by atoms with Crippen molar-refractivity contribution in [2.45, 2.75) is 13.8 Å². The monoisotopic (exact) mass is 349 g/mol. The van der Waals surface area contributed by atoms with Crippen molar-refractivity contribution in [3.8, 4) is 6.07 Å². The third kappa shape index (κ3) is 2.69. The van der Waals surface area contributed by atoms with Crippen LogP contribution in [0.25, 0.3) is 0 Å². The first-order valence-corrected chi connectivity index (χ1v) is 7.41. The molecule has 0 saturated heterocycles. The molecule has 20 heavy (non-hydrogen) atoms. The molecular weight excluding hydrogens is 338 g/mol. The van der Waals surface area contributed by atoms with E-state index in [-0.39, 0.29) is 5.91 Å².